The van der Waals surface area contributed by atoms with Crippen LogP contribution in [0.15, 0.2) is 36.4 Å². The Morgan fingerprint density at radius 2 is 1.62 bits per heavy atom. The Kier molecular flexibility index (Phi) is 2.15. The van der Waals surface area contributed by atoms with E-state index in [0.717, 1.165) is 0 Å². The molecule has 106 valence electrons. The van der Waals surface area contributed by atoms with Crippen molar-refractivity contribution < 1.29 is 9.59 Å². The van der Waals surface area contributed by atoms with Crippen LogP contribution in [0.5, 0.6) is 0 Å². The number of benzene rings is 1. The Morgan fingerprint density at radius 3 is 2.19 bits per heavy atom. The summed E-state index contributed by atoms with van der Waals surface area (Å²) in [6, 6.07) is 7.02. The number of allylic oxidation sites excluding steroid dienone is 2. The number of hydrogen-bond donors (Lipinski definition) is 0. The van der Waals surface area contributed by atoms with Crippen LogP contribution >= 0.6 is 11.6 Å². The SMILES string of the molecule is O=C1[C@@H]2[C@H]3C=C[C@H]([C@@H]4C[C@@H]34)[C@@H]2C(=O)N1c1cccc(Cl)c1. The Balaban J connectivity index is 1.60. The van der Waals surface area contributed by atoms with Crippen LogP contribution in [-0.4, -0.2) is 11.8 Å². The van der Waals surface area contributed by atoms with Crippen LogP contribution in [-0.2, 0) is 9.59 Å². The Labute approximate surface area is 127 Å². The molecular formula is C17H14ClNO2. The van der Waals surface area contributed by atoms with Crippen molar-refractivity contribution in [1.82, 2.24) is 0 Å². The highest BCUT2D eigenvalue weighted by molar-refractivity contribution is 6.31. The lowest BCUT2D eigenvalue weighted by molar-refractivity contribution is -0.124. The summed E-state index contributed by atoms with van der Waals surface area (Å²) < 4.78 is 0. The standard InChI is InChI=1S/C17H14ClNO2/c18-8-2-1-3-9(6-8)19-16(20)14-10-4-5-11(13-7-12(10)13)15(14)17(19)21/h1-6,10-15H,7H2/t10-,11+,12-,13-,14+,15-/m0/s1. The van der Waals surface area contributed by atoms with Gasteiger partial charge >= 0.3 is 0 Å². The van der Waals surface area contributed by atoms with Crippen LogP contribution in [0.1, 0.15) is 6.42 Å². The highest BCUT2D eigenvalue weighted by Gasteiger charge is 2.67. The highest BCUT2D eigenvalue weighted by atomic mass is 35.5. The predicted octanol–water partition coefficient (Wildman–Crippen LogP) is 2.90. The van der Waals surface area contributed by atoms with E-state index < -0.39 is 0 Å². The molecule has 2 bridgehead atoms. The summed E-state index contributed by atoms with van der Waals surface area (Å²) in [5.74, 6) is 1.46. The van der Waals surface area contributed by atoms with Crippen molar-refractivity contribution in [2.45, 2.75) is 6.42 Å². The molecule has 0 unspecified atom stereocenters. The minimum atomic E-state index is -0.143. The van der Waals surface area contributed by atoms with Gasteiger partial charge in [-0.05, 0) is 48.3 Å². The molecule has 0 radical (unpaired) electrons. The minimum Gasteiger partial charge on any atom is -0.274 e. The summed E-state index contributed by atoms with van der Waals surface area (Å²) in [6.45, 7) is 0. The molecule has 4 heteroatoms. The van der Waals surface area contributed by atoms with Crippen molar-refractivity contribution in [2.75, 3.05) is 4.90 Å². The smallest absolute Gasteiger partial charge is 0.238 e. The third kappa shape index (κ3) is 1.40. The summed E-state index contributed by atoms with van der Waals surface area (Å²) in [5, 5.41) is 0.548. The van der Waals surface area contributed by atoms with E-state index in [2.05, 4.69) is 12.2 Å². The number of nitrogens with zero attached hydrogens (tertiary/aromatic N) is 1. The van der Waals surface area contributed by atoms with Crippen molar-refractivity contribution in [1.29, 1.82) is 0 Å². The summed E-state index contributed by atoms with van der Waals surface area (Å²) in [4.78, 5) is 27.1. The number of amides is 2. The number of carbonyl (C=O) groups excluding carboxylic acids is 2. The van der Waals surface area contributed by atoms with Gasteiger partial charge in [0.25, 0.3) is 0 Å². The number of carbonyl (C=O) groups is 2. The topological polar surface area (TPSA) is 37.4 Å². The van der Waals surface area contributed by atoms with Crippen LogP contribution in [0.25, 0.3) is 0 Å². The second kappa shape index (κ2) is 3.77. The molecule has 4 aliphatic carbocycles. The molecule has 6 rings (SSSR count). The molecule has 1 saturated heterocycles. The fraction of sp³-hybridized carbons (Fsp3) is 0.412. The molecule has 1 aromatic carbocycles. The van der Waals surface area contributed by atoms with Crippen LogP contribution in [0.3, 0.4) is 0 Å². The van der Waals surface area contributed by atoms with Gasteiger partial charge in [-0.1, -0.05) is 29.8 Å². The van der Waals surface area contributed by atoms with E-state index in [4.69, 9.17) is 11.6 Å². The Bertz CT molecular complexity index is 676. The molecular weight excluding hydrogens is 286 g/mol. The van der Waals surface area contributed by atoms with E-state index in [9.17, 15) is 9.59 Å². The van der Waals surface area contributed by atoms with Gasteiger partial charge in [0, 0.05) is 5.02 Å². The van der Waals surface area contributed by atoms with Gasteiger partial charge in [-0.15, -0.1) is 0 Å². The van der Waals surface area contributed by atoms with E-state index in [-0.39, 0.29) is 35.5 Å². The first-order valence-electron chi connectivity index (χ1n) is 7.48. The van der Waals surface area contributed by atoms with Gasteiger partial charge in [-0.3, -0.25) is 9.59 Å². The number of hydrogen-bond acceptors (Lipinski definition) is 2. The van der Waals surface area contributed by atoms with E-state index in [1.807, 2.05) is 0 Å². The van der Waals surface area contributed by atoms with Gasteiger partial charge in [-0.2, -0.15) is 0 Å². The van der Waals surface area contributed by atoms with Crippen molar-refractivity contribution in [3.63, 3.8) is 0 Å². The first-order chi connectivity index (χ1) is 10.2. The molecule has 0 N–H and O–H groups in total. The molecule has 3 nitrogen and oxygen atoms in total. The maximum absolute atomic E-state index is 12.8. The molecule has 0 spiro atoms. The lowest BCUT2D eigenvalue weighted by atomic mass is 9.63. The highest BCUT2D eigenvalue weighted by Crippen LogP contribution is 2.65. The summed E-state index contributed by atoms with van der Waals surface area (Å²) in [5.41, 5.74) is 0.611. The van der Waals surface area contributed by atoms with Gasteiger partial charge in [0.05, 0.1) is 17.5 Å². The molecule has 1 aromatic rings. The zero-order valence-electron chi connectivity index (χ0n) is 11.3. The third-order valence-corrected chi connectivity index (χ3v) is 5.96. The summed E-state index contributed by atoms with van der Waals surface area (Å²) >= 11 is 6.01. The van der Waals surface area contributed by atoms with Crippen molar-refractivity contribution in [3.05, 3.63) is 41.4 Å². The molecule has 2 amide bonds. The maximum Gasteiger partial charge on any atom is 0.238 e. The lowest BCUT2D eigenvalue weighted by Gasteiger charge is -2.37. The molecule has 6 atom stereocenters. The summed E-state index contributed by atoms with van der Waals surface area (Å²) in [6.07, 6.45) is 5.56. The molecule has 2 saturated carbocycles. The predicted molar refractivity (Wildman–Crippen MR) is 78.6 cm³/mol. The Hall–Kier alpha value is -1.61. The maximum atomic E-state index is 12.8. The van der Waals surface area contributed by atoms with Crippen molar-refractivity contribution in [2.24, 2.45) is 35.5 Å². The van der Waals surface area contributed by atoms with Crippen molar-refractivity contribution >= 4 is 29.1 Å². The van der Waals surface area contributed by atoms with Gasteiger partial charge < -0.3 is 0 Å². The van der Waals surface area contributed by atoms with Crippen LogP contribution in [0, 0.1) is 35.5 Å². The van der Waals surface area contributed by atoms with E-state index in [1.54, 1.807) is 24.3 Å². The number of rotatable bonds is 1. The van der Waals surface area contributed by atoms with E-state index >= 15 is 0 Å². The first kappa shape index (κ1) is 12.0. The molecule has 1 aliphatic heterocycles. The number of halogens is 1. The van der Waals surface area contributed by atoms with Gasteiger partial charge in [0.1, 0.15) is 0 Å². The fourth-order valence-electron chi connectivity index (χ4n) is 4.83. The lowest BCUT2D eigenvalue weighted by Crippen LogP contribution is -2.40. The first-order valence-corrected chi connectivity index (χ1v) is 7.86. The average Bonchev–Trinajstić information content (AvgIpc) is 3.24. The second-order valence-corrected chi connectivity index (χ2v) is 7.08. The number of imide groups is 1. The summed E-state index contributed by atoms with van der Waals surface area (Å²) in [7, 11) is 0. The van der Waals surface area contributed by atoms with Crippen LogP contribution < -0.4 is 4.90 Å². The molecule has 21 heavy (non-hydrogen) atoms. The minimum absolute atomic E-state index is 0.0306. The zero-order valence-corrected chi connectivity index (χ0v) is 12.0. The number of anilines is 1. The van der Waals surface area contributed by atoms with Crippen LogP contribution in [0.4, 0.5) is 5.69 Å². The monoisotopic (exact) mass is 299 g/mol. The normalized spacial score (nSPS) is 42.2. The largest absolute Gasteiger partial charge is 0.274 e. The van der Waals surface area contributed by atoms with Gasteiger partial charge in [0.15, 0.2) is 0 Å². The molecule has 0 aromatic heterocycles. The zero-order chi connectivity index (χ0) is 14.3. The van der Waals surface area contributed by atoms with E-state index in [0.29, 0.717) is 22.5 Å². The van der Waals surface area contributed by atoms with Gasteiger partial charge in [-0.25, -0.2) is 4.90 Å². The van der Waals surface area contributed by atoms with Crippen LogP contribution in [0.2, 0.25) is 5.02 Å². The fourth-order valence-corrected chi connectivity index (χ4v) is 5.01. The quantitative estimate of drug-likeness (QED) is 0.591. The molecule has 3 fully saturated rings. The third-order valence-electron chi connectivity index (χ3n) is 5.73. The van der Waals surface area contributed by atoms with Gasteiger partial charge in [0.2, 0.25) is 11.8 Å². The average molecular weight is 300 g/mol. The second-order valence-electron chi connectivity index (χ2n) is 6.65. The molecule has 5 aliphatic rings. The molecule has 1 heterocycles. The van der Waals surface area contributed by atoms with E-state index in [1.165, 1.54) is 11.3 Å². The Morgan fingerprint density at radius 1 is 1.00 bits per heavy atom. The van der Waals surface area contributed by atoms with Crippen molar-refractivity contribution in [3.8, 4) is 0 Å².